The maximum atomic E-state index is 11.9. The summed E-state index contributed by atoms with van der Waals surface area (Å²) >= 11 is 0. The summed E-state index contributed by atoms with van der Waals surface area (Å²) in [4.78, 5) is 15.1. The molecule has 19 heavy (non-hydrogen) atoms. The Morgan fingerprint density at radius 3 is 2.63 bits per heavy atom. The number of hydrogen-bond donors (Lipinski definition) is 3. The Kier molecular flexibility index (Phi) is 3.86. The summed E-state index contributed by atoms with van der Waals surface area (Å²) in [6, 6.07) is 2.10. The van der Waals surface area contributed by atoms with Crippen molar-refractivity contribution in [1.82, 2.24) is 15.2 Å². The summed E-state index contributed by atoms with van der Waals surface area (Å²) in [6.45, 7) is -2.93. The number of pyridine rings is 1. The molecule has 0 saturated carbocycles. The molecule has 0 aromatic carbocycles. The maximum absolute atomic E-state index is 11.9. The third-order valence-corrected chi connectivity index (χ3v) is 1.96. The number of rotatable bonds is 4. The van der Waals surface area contributed by atoms with Crippen LogP contribution in [0.2, 0.25) is 0 Å². The summed E-state index contributed by atoms with van der Waals surface area (Å²) in [5.41, 5.74) is 0.825. The summed E-state index contributed by atoms with van der Waals surface area (Å²) in [7, 11) is 0. The minimum absolute atomic E-state index is 0.226. The van der Waals surface area contributed by atoms with Crippen LogP contribution < -0.4 is 15.4 Å². The molecule has 0 spiro atoms. The minimum Gasteiger partial charge on any atom is -0.417 e. The number of anilines is 2. The molecule has 7 nitrogen and oxygen atoms in total. The topological polar surface area (TPSA) is 91.9 Å². The number of aromatic nitrogens is 3. The van der Waals surface area contributed by atoms with Crippen LogP contribution in [0.3, 0.4) is 0 Å². The van der Waals surface area contributed by atoms with E-state index in [2.05, 4.69) is 30.6 Å². The predicted molar refractivity (Wildman–Crippen MR) is 62.1 cm³/mol. The Hall–Kier alpha value is -2.71. The second-order valence-electron chi connectivity index (χ2n) is 3.33. The number of urea groups is 1. The van der Waals surface area contributed by atoms with Gasteiger partial charge in [0.2, 0.25) is 5.88 Å². The SMILES string of the molecule is O=C(Nc1ccc(OC(F)F)nc1)Nc1cn[nH]c1. The van der Waals surface area contributed by atoms with E-state index < -0.39 is 12.6 Å². The highest BCUT2D eigenvalue weighted by molar-refractivity contribution is 5.99. The van der Waals surface area contributed by atoms with Gasteiger partial charge in [-0.15, -0.1) is 0 Å². The first-order valence-electron chi connectivity index (χ1n) is 5.11. The van der Waals surface area contributed by atoms with Crippen LogP contribution in [0, 0.1) is 0 Å². The lowest BCUT2D eigenvalue weighted by molar-refractivity contribution is -0.0528. The number of nitrogens with zero attached hydrogens (tertiary/aromatic N) is 2. The Morgan fingerprint density at radius 1 is 1.26 bits per heavy atom. The molecular formula is C10H9F2N5O2. The number of H-pyrrole nitrogens is 1. The monoisotopic (exact) mass is 269 g/mol. The molecule has 0 aliphatic carbocycles. The molecule has 2 aromatic rings. The van der Waals surface area contributed by atoms with Crippen LogP contribution in [0.5, 0.6) is 5.88 Å². The summed E-state index contributed by atoms with van der Waals surface area (Å²) < 4.78 is 27.9. The van der Waals surface area contributed by atoms with Gasteiger partial charge in [0.15, 0.2) is 0 Å². The van der Waals surface area contributed by atoms with Gasteiger partial charge in [0.05, 0.1) is 23.8 Å². The number of carbonyl (C=O) groups excluding carboxylic acids is 1. The lowest BCUT2D eigenvalue weighted by Gasteiger charge is -2.07. The number of alkyl halides is 2. The summed E-state index contributed by atoms with van der Waals surface area (Å²) in [6.07, 6.45) is 4.13. The zero-order chi connectivity index (χ0) is 13.7. The molecule has 0 bridgehead atoms. The average molecular weight is 269 g/mol. The highest BCUT2D eigenvalue weighted by Gasteiger charge is 2.07. The Bertz CT molecular complexity index is 529. The fraction of sp³-hybridized carbons (Fsp3) is 0.100. The lowest BCUT2D eigenvalue weighted by Crippen LogP contribution is -2.19. The van der Waals surface area contributed by atoms with E-state index in [0.29, 0.717) is 11.4 Å². The molecule has 2 aromatic heterocycles. The number of aromatic amines is 1. The zero-order valence-electron chi connectivity index (χ0n) is 9.43. The third kappa shape index (κ3) is 3.91. The van der Waals surface area contributed by atoms with Gasteiger partial charge in [-0.1, -0.05) is 0 Å². The highest BCUT2D eigenvalue weighted by Crippen LogP contribution is 2.14. The lowest BCUT2D eigenvalue weighted by atomic mass is 10.4. The minimum atomic E-state index is -2.93. The van der Waals surface area contributed by atoms with Crippen molar-refractivity contribution < 1.29 is 18.3 Å². The van der Waals surface area contributed by atoms with E-state index >= 15 is 0 Å². The van der Waals surface area contributed by atoms with Crippen LogP contribution >= 0.6 is 0 Å². The van der Waals surface area contributed by atoms with Crippen molar-refractivity contribution in [2.75, 3.05) is 10.6 Å². The van der Waals surface area contributed by atoms with E-state index in [4.69, 9.17) is 0 Å². The van der Waals surface area contributed by atoms with Gasteiger partial charge in [-0.3, -0.25) is 5.10 Å². The van der Waals surface area contributed by atoms with E-state index in [-0.39, 0.29) is 5.88 Å². The summed E-state index contributed by atoms with van der Waals surface area (Å²) in [5, 5.41) is 11.1. The van der Waals surface area contributed by atoms with Gasteiger partial charge in [-0.2, -0.15) is 13.9 Å². The zero-order valence-corrected chi connectivity index (χ0v) is 9.43. The maximum Gasteiger partial charge on any atom is 0.388 e. The van der Waals surface area contributed by atoms with E-state index in [9.17, 15) is 13.6 Å². The Balaban J connectivity index is 1.90. The molecular weight excluding hydrogens is 260 g/mol. The van der Waals surface area contributed by atoms with Crippen molar-refractivity contribution in [1.29, 1.82) is 0 Å². The molecule has 0 unspecified atom stereocenters. The van der Waals surface area contributed by atoms with E-state index in [1.165, 1.54) is 30.7 Å². The molecule has 0 aliphatic heterocycles. The van der Waals surface area contributed by atoms with Gasteiger partial charge >= 0.3 is 12.6 Å². The van der Waals surface area contributed by atoms with Gasteiger partial charge in [-0.05, 0) is 6.07 Å². The number of hydrogen-bond acceptors (Lipinski definition) is 4. The van der Waals surface area contributed by atoms with Crippen molar-refractivity contribution in [3.63, 3.8) is 0 Å². The molecule has 0 fully saturated rings. The van der Waals surface area contributed by atoms with Crippen LogP contribution in [0.15, 0.2) is 30.7 Å². The first-order chi connectivity index (χ1) is 9.13. The fourth-order valence-corrected chi connectivity index (χ4v) is 1.23. The van der Waals surface area contributed by atoms with Gasteiger partial charge in [0.25, 0.3) is 0 Å². The van der Waals surface area contributed by atoms with Crippen molar-refractivity contribution >= 4 is 17.4 Å². The van der Waals surface area contributed by atoms with Crippen LogP contribution in [-0.2, 0) is 0 Å². The smallest absolute Gasteiger partial charge is 0.388 e. The van der Waals surface area contributed by atoms with Crippen LogP contribution in [0.25, 0.3) is 0 Å². The first-order valence-corrected chi connectivity index (χ1v) is 5.11. The number of nitrogens with one attached hydrogen (secondary N) is 3. The molecule has 2 heterocycles. The molecule has 0 radical (unpaired) electrons. The molecule has 0 saturated heterocycles. The number of ether oxygens (including phenoxy) is 1. The molecule has 0 atom stereocenters. The third-order valence-electron chi connectivity index (χ3n) is 1.96. The average Bonchev–Trinajstić information content (AvgIpc) is 2.83. The second kappa shape index (κ2) is 5.76. The predicted octanol–water partition coefficient (Wildman–Crippen LogP) is 2.05. The van der Waals surface area contributed by atoms with Crippen LogP contribution in [-0.4, -0.2) is 27.8 Å². The van der Waals surface area contributed by atoms with Crippen molar-refractivity contribution in [2.45, 2.75) is 6.61 Å². The number of halogens is 2. The molecule has 0 aliphatic rings. The van der Waals surface area contributed by atoms with E-state index in [1.807, 2.05) is 0 Å². The molecule has 3 N–H and O–H groups in total. The van der Waals surface area contributed by atoms with Crippen molar-refractivity contribution in [2.24, 2.45) is 0 Å². The highest BCUT2D eigenvalue weighted by atomic mass is 19.3. The largest absolute Gasteiger partial charge is 0.417 e. The van der Waals surface area contributed by atoms with Gasteiger partial charge < -0.3 is 15.4 Å². The quantitative estimate of drug-likeness (QED) is 0.792. The van der Waals surface area contributed by atoms with Gasteiger partial charge in [0, 0.05) is 12.3 Å². The molecule has 9 heteroatoms. The normalized spacial score (nSPS) is 10.3. The fourth-order valence-electron chi connectivity index (χ4n) is 1.23. The molecule has 2 rings (SSSR count). The van der Waals surface area contributed by atoms with Crippen molar-refractivity contribution in [3.05, 3.63) is 30.7 Å². The van der Waals surface area contributed by atoms with E-state index in [0.717, 1.165) is 0 Å². The Morgan fingerprint density at radius 2 is 2.05 bits per heavy atom. The standard InChI is InChI=1S/C10H9F2N5O2/c11-9(12)19-8-2-1-6(3-13-8)16-10(18)17-7-4-14-15-5-7/h1-5,9H,(H,14,15)(H2,16,17,18). The van der Waals surface area contributed by atoms with Crippen molar-refractivity contribution in [3.8, 4) is 5.88 Å². The summed E-state index contributed by atoms with van der Waals surface area (Å²) in [5.74, 6) is -0.226. The molecule has 100 valence electrons. The second-order valence-corrected chi connectivity index (χ2v) is 3.33. The van der Waals surface area contributed by atoms with Crippen LogP contribution in [0.4, 0.5) is 25.0 Å². The number of carbonyl (C=O) groups is 1. The number of amides is 2. The first kappa shape index (κ1) is 12.7. The van der Waals surface area contributed by atoms with E-state index in [1.54, 1.807) is 0 Å². The van der Waals surface area contributed by atoms with Crippen LogP contribution in [0.1, 0.15) is 0 Å². The molecule has 2 amide bonds. The Labute approximate surface area is 106 Å². The van der Waals surface area contributed by atoms with Gasteiger partial charge in [0.1, 0.15) is 0 Å². The van der Waals surface area contributed by atoms with Gasteiger partial charge in [-0.25, -0.2) is 9.78 Å².